The molecule has 0 aliphatic rings. The zero-order valence-electron chi connectivity index (χ0n) is 15.4. The number of para-hydroxylation sites is 1. The Kier molecular flexibility index (Phi) is 6.23. The predicted molar refractivity (Wildman–Crippen MR) is 106 cm³/mol. The minimum atomic E-state index is 0.557. The van der Waals surface area contributed by atoms with Crippen molar-refractivity contribution in [3.63, 3.8) is 0 Å². The number of ether oxygens (including phenoxy) is 1. The molecule has 1 aromatic heterocycles. The summed E-state index contributed by atoms with van der Waals surface area (Å²) in [5, 5.41) is 3.52. The van der Waals surface area contributed by atoms with Crippen LogP contribution >= 0.6 is 0 Å². The molecule has 4 nitrogen and oxygen atoms in total. The summed E-state index contributed by atoms with van der Waals surface area (Å²) in [6.45, 7) is 2.22. The van der Waals surface area contributed by atoms with Gasteiger partial charge in [-0.1, -0.05) is 30.3 Å². The third kappa shape index (κ3) is 5.07. The smallest absolute Gasteiger partial charge is 0.119 e. The van der Waals surface area contributed by atoms with Crippen LogP contribution in [0.4, 0.5) is 5.69 Å². The minimum Gasteiger partial charge on any atom is -0.489 e. The van der Waals surface area contributed by atoms with Gasteiger partial charge in [0.2, 0.25) is 0 Å². The Bertz CT molecular complexity index is 801. The molecule has 0 saturated carbocycles. The summed E-state index contributed by atoms with van der Waals surface area (Å²) in [4.78, 5) is 6.16. The molecule has 0 spiro atoms. The summed E-state index contributed by atoms with van der Waals surface area (Å²) in [7, 11) is 4.15. The van der Waals surface area contributed by atoms with E-state index in [9.17, 15) is 0 Å². The quantitative estimate of drug-likeness (QED) is 0.668. The summed E-state index contributed by atoms with van der Waals surface area (Å²) in [6.07, 6.45) is 3.56. The number of rotatable bonds is 8. The van der Waals surface area contributed by atoms with E-state index in [1.807, 2.05) is 24.3 Å². The van der Waals surface area contributed by atoms with Crippen LogP contribution in [0, 0.1) is 0 Å². The van der Waals surface area contributed by atoms with Crippen LogP contribution in [0.3, 0.4) is 0 Å². The zero-order valence-corrected chi connectivity index (χ0v) is 15.4. The molecule has 0 fully saturated rings. The summed E-state index contributed by atoms with van der Waals surface area (Å²) in [5.41, 5.74) is 4.91. The number of hydrogen-bond acceptors (Lipinski definition) is 4. The van der Waals surface area contributed by atoms with E-state index in [-0.39, 0.29) is 0 Å². The second-order valence-electron chi connectivity index (χ2n) is 6.41. The molecule has 0 unspecified atom stereocenters. The van der Waals surface area contributed by atoms with Crippen molar-refractivity contribution < 1.29 is 4.74 Å². The van der Waals surface area contributed by atoms with Crippen molar-refractivity contribution >= 4 is 5.69 Å². The van der Waals surface area contributed by atoms with Gasteiger partial charge in [-0.15, -0.1) is 0 Å². The van der Waals surface area contributed by atoms with Crippen LogP contribution < -0.4 is 15.0 Å². The highest BCUT2D eigenvalue weighted by atomic mass is 16.5. The Labute approximate surface area is 155 Å². The SMILES string of the molecule is CN(C)c1ccccc1CNCc1ccc(OCc2ccncc2)cc1. The number of aromatic nitrogens is 1. The number of hydrogen-bond donors (Lipinski definition) is 1. The molecule has 0 atom stereocenters. The van der Waals surface area contributed by atoms with Crippen molar-refractivity contribution in [2.75, 3.05) is 19.0 Å². The predicted octanol–water partition coefficient (Wildman–Crippen LogP) is 4.02. The van der Waals surface area contributed by atoms with Gasteiger partial charge in [0, 0.05) is 45.3 Å². The fourth-order valence-corrected chi connectivity index (χ4v) is 2.79. The van der Waals surface area contributed by atoms with Crippen molar-refractivity contribution in [2.24, 2.45) is 0 Å². The van der Waals surface area contributed by atoms with E-state index in [0.717, 1.165) is 24.4 Å². The van der Waals surface area contributed by atoms with E-state index in [1.54, 1.807) is 12.4 Å². The molecule has 2 aromatic carbocycles. The molecule has 0 bridgehead atoms. The lowest BCUT2D eigenvalue weighted by Gasteiger charge is -2.17. The molecular weight excluding hydrogens is 322 g/mol. The number of nitrogens with one attached hydrogen (secondary N) is 1. The van der Waals surface area contributed by atoms with Crippen LogP contribution in [-0.4, -0.2) is 19.1 Å². The number of nitrogens with zero attached hydrogens (tertiary/aromatic N) is 2. The molecule has 134 valence electrons. The molecule has 0 aliphatic carbocycles. The van der Waals surface area contributed by atoms with Gasteiger partial charge in [-0.25, -0.2) is 0 Å². The molecule has 0 radical (unpaired) electrons. The van der Waals surface area contributed by atoms with Gasteiger partial charge in [-0.3, -0.25) is 4.98 Å². The van der Waals surface area contributed by atoms with Crippen molar-refractivity contribution in [1.29, 1.82) is 0 Å². The maximum absolute atomic E-state index is 5.81. The summed E-state index contributed by atoms with van der Waals surface area (Å²) < 4.78 is 5.81. The van der Waals surface area contributed by atoms with Gasteiger partial charge in [0.1, 0.15) is 12.4 Å². The van der Waals surface area contributed by atoms with Gasteiger partial charge in [-0.2, -0.15) is 0 Å². The third-order valence-corrected chi connectivity index (χ3v) is 4.20. The summed E-state index contributed by atoms with van der Waals surface area (Å²) >= 11 is 0. The minimum absolute atomic E-state index is 0.557. The summed E-state index contributed by atoms with van der Waals surface area (Å²) in [6, 6.07) is 20.6. The Morgan fingerprint density at radius 2 is 1.58 bits per heavy atom. The Morgan fingerprint density at radius 3 is 2.31 bits per heavy atom. The first-order valence-electron chi connectivity index (χ1n) is 8.79. The van der Waals surface area contributed by atoms with Crippen LogP contribution in [0.15, 0.2) is 73.1 Å². The molecule has 3 aromatic rings. The van der Waals surface area contributed by atoms with E-state index >= 15 is 0 Å². The maximum atomic E-state index is 5.81. The van der Waals surface area contributed by atoms with Crippen molar-refractivity contribution in [2.45, 2.75) is 19.7 Å². The lowest BCUT2D eigenvalue weighted by molar-refractivity contribution is 0.306. The number of pyridine rings is 1. The van der Waals surface area contributed by atoms with E-state index in [1.165, 1.54) is 16.8 Å². The highest BCUT2D eigenvalue weighted by Gasteiger charge is 2.03. The number of anilines is 1. The molecule has 3 rings (SSSR count). The molecule has 4 heteroatoms. The van der Waals surface area contributed by atoms with E-state index < -0.39 is 0 Å². The lowest BCUT2D eigenvalue weighted by Crippen LogP contribution is -2.17. The highest BCUT2D eigenvalue weighted by Crippen LogP contribution is 2.18. The van der Waals surface area contributed by atoms with Crippen LogP contribution in [0.5, 0.6) is 5.75 Å². The second-order valence-corrected chi connectivity index (χ2v) is 6.41. The molecule has 1 heterocycles. The molecule has 1 N–H and O–H groups in total. The Balaban J connectivity index is 1.49. The van der Waals surface area contributed by atoms with Crippen LogP contribution in [0.25, 0.3) is 0 Å². The first-order valence-corrected chi connectivity index (χ1v) is 8.79. The van der Waals surface area contributed by atoms with Crippen LogP contribution in [0.2, 0.25) is 0 Å². The number of benzene rings is 2. The monoisotopic (exact) mass is 347 g/mol. The molecule has 26 heavy (non-hydrogen) atoms. The largest absolute Gasteiger partial charge is 0.489 e. The van der Waals surface area contributed by atoms with Gasteiger partial charge in [-0.05, 0) is 47.0 Å². The van der Waals surface area contributed by atoms with E-state index in [4.69, 9.17) is 4.74 Å². The topological polar surface area (TPSA) is 37.4 Å². The Hall–Kier alpha value is -2.85. The van der Waals surface area contributed by atoms with E-state index in [0.29, 0.717) is 6.61 Å². The van der Waals surface area contributed by atoms with Gasteiger partial charge in [0.05, 0.1) is 0 Å². The first-order chi connectivity index (χ1) is 12.7. The van der Waals surface area contributed by atoms with Crippen LogP contribution in [-0.2, 0) is 19.7 Å². The maximum Gasteiger partial charge on any atom is 0.119 e. The van der Waals surface area contributed by atoms with Gasteiger partial charge in [0.25, 0.3) is 0 Å². The third-order valence-electron chi connectivity index (χ3n) is 4.20. The summed E-state index contributed by atoms with van der Waals surface area (Å²) in [5.74, 6) is 0.878. The van der Waals surface area contributed by atoms with Gasteiger partial charge >= 0.3 is 0 Å². The highest BCUT2D eigenvalue weighted by molar-refractivity contribution is 5.52. The second kappa shape index (κ2) is 9.02. The van der Waals surface area contributed by atoms with Gasteiger partial charge < -0.3 is 15.0 Å². The normalized spacial score (nSPS) is 10.5. The van der Waals surface area contributed by atoms with E-state index in [2.05, 4.69) is 65.7 Å². The van der Waals surface area contributed by atoms with Crippen LogP contribution in [0.1, 0.15) is 16.7 Å². The lowest BCUT2D eigenvalue weighted by atomic mass is 10.1. The van der Waals surface area contributed by atoms with Gasteiger partial charge in [0.15, 0.2) is 0 Å². The van der Waals surface area contributed by atoms with Crippen molar-refractivity contribution in [3.8, 4) is 5.75 Å². The average Bonchev–Trinajstić information content (AvgIpc) is 2.68. The van der Waals surface area contributed by atoms with Crippen molar-refractivity contribution in [3.05, 3.63) is 89.7 Å². The zero-order chi connectivity index (χ0) is 18.2. The molecule has 0 saturated heterocycles. The average molecular weight is 347 g/mol. The van der Waals surface area contributed by atoms with Crippen molar-refractivity contribution in [1.82, 2.24) is 10.3 Å². The fourth-order valence-electron chi connectivity index (χ4n) is 2.79. The molecule has 0 amide bonds. The molecule has 0 aliphatic heterocycles. The standard InChI is InChI=1S/C22H25N3O/c1-25(2)22-6-4-3-5-20(22)16-24-15-18-7-9-21(10-8-18)26-17-19-11-13-23-14-12-19/h3-14,24H,15-17H2,1-2H3. The fraction of sp³-hybridized carbons (Fsp3) is 0.227. The molecular formula is C22H25N3O. The first kappa shape index (κ1) is 18.0. The Morgan fingerprint density at radius 1 is 0.846 bits per heavy atom.